The molecule has 0 aromatic heterocycles. The standard InChI is InChI=1S/C22H26O3/c1-21-8-6-15-14-5-3-13(23)10-12(14)2-4-16(15)20(21)17-11-18(17)22(21)9-7-19(24)25-22/h2,4,10,14-18,20H,3,5-9,11H2,1H3/t14?,15?,16?,17?,18?,20?,21-,22-/m0/s1. The highest BCUT2D eigenvalue weighted by Gasteiger charge is 2.78. The summed E-state index contributed by atoms with van der Waals surface area (Å²) in [6, 6.07) is 0. The Kier molecular flexibility index (Phi) is 2.64. The number of rotatable bonds is 0. The molecule has 25 heavy (non-hydrogen) atoms. The minimum Gasteiger partial charge on any atom is -0.458 e. The lowest BCUT2D eigenvalue weighted by atomic mass is 9.50. The Morgan fingerprint density at radius 1 is 1.12 bits per heavy atom. The molecular formula is C22H26O3. The lowest BCUT2D eigenvalue weighted by Crippen LogP contribution is -2.54. The molecule has 3 nitrogen and oxygen atoms in total. The number of carbonyl (C=O) groups excluding carboxylic acids is 2. The van der Waals surface area contributed by atoms with Crippen molar-refractivity contribution in [1.29, 1.82) is 0 Å². The van der Waals surface area contributed by atoms with Crippen molar-refractivity contribution >= 4 is 11.8 Å². The summed E-state index contributed by atoms with van der Waals surface area (Å²) in [7, 11) is 0. The van der Waals surface area contributed by atoms with E-state index in [-0.39, 0.29) is 17.0 Å². The van der Waals surface area contributed by atoms with E-state index >= 15 is 0 Å². The van der Waals surface area contributed by atoms with E-state index in [2.05, 4.69) is 19.1 Å². The molecule has 0 aromatic rings. The highest BCUT2D eigenvalue weighted by molar-refractivity contribution is 5.92. The first-order valence-corrected chi connectivity index (χ1v) is 10.2. The highest BCUT2D eigenvalue weighted by atomic mass is 16.6. The highest BCUT2D eigenvalue weighted by Crippen LogP contribution is 2.77. The molecule has 4 fully saturated rings. The van der Waals surface area contributed by atoms with Gasteiger partial charge in [0.25, 0.3) is 0 Å². The van der Waals surface area contributed by atoms with E-state index in [9.17, 15) is 9.59 Å². The summed E-state index contributed by atoms with van der Waals surface area (Å²) in [5.41, 5.74) is 1.29. The quantitative estimate of drug-likeness (QED) is 0.630. The van der Waals surface area contributed by atoms with Crippen LogP contribution in [0.4, 0.5) is 0 Å². The Morgan fingerprint density at radius 2 is 2.00 bits per heavy atom. The number of allylic oxidation sites excluding steroid dienone is 4. The molecule has 0 amide bonds. The number of hydrogen-bond acceptors (Lipinski definition) is 3. The van der Waals surface area contributed by atoms with Gasteiger partial charge in [0.1, 0.15) is 5.60 Å². The molecule has 0 bridgehead atoms. The molecule has 6 rings (SSSR count). The van der Waals surface area contributed by atoms with Gasteiger partial charge in [0.2, 0.25) is 0 Å². The number of fused-ring (bicyclic) bond motifs is 9. The van der Waals surface area contributed by atoms with Crippen LogP contribution in [0, 0.1) is 40.9 Å². The van der Waals surface area contributed by atoms with Gasteiger partial charge in [-0.2, -0.15) is 0 Å². The van der Waals surface area contributed by atoms with Crippen LogP contribution >= 0.6 is 0 Å². The summed E-state index contributed by atoms with van der Waals surface area (Å²) in [5, 5.41) is 0. The minimum atomic E-state index is -0.156. The fourth-order valence-corrected chi connectivity index (χ4v) is 8.01. The molecule has 1 saturated heterocycles. The van der Waals surface area contributed by atoms with Crippen LogP contribution in [0.2, 0.25) is 0 Å². The van der Waals surface area contributed by atoms with Crippen molar-refractivity contribution in [2.24, 2.45) is 40.9 Å². The summed E-state index contributed by atoms with van der Waals surface area (Å²) in [4.78, 5) is 23.8. The maximum Gasteiger partial charge on any atom is 0.306 e. The van der Waals surface area contributed by atoms with Crippen LogP contribution in [-0.2, 0) is 14.3 Å². The molecule has 0 aromatic carbocycles. The Hall–Kier alpha value is -1.38. The molecule has 3 heteroatoms. The third-order valence-corrected chi connectivity index (χ3v) is 8.99. The van der Waals surface area contributed by atoms with E-state index in [4.69, 9.17) is 4.74 Å². The third-order valence-electron chi connectivity index (χ3n) is 8.99. The molecule has 1 spiro atoms. The average Bonchev–Trinajstić information content (AvgIpc) is 3.23. The van der Waals surface area contributed by atoms with Gasteiger partial charge in [0.05, 0.1) is 0 Å². The van der Waals surface area contributed by atoms with Gasteiger partial charge in [-0.25, -0.2) is 0 Å². The van der Waals surface area contributed by atoms with Crippen LogP contribution in [0.15, 0.2) is 23.8 Å². The second kappa shape index (κ2) is 4.47. The van der Waals surface area contributed by atoms with Crippen molar-refractivity contribution in [1.82, 2.24) is 0 Å². The number of ether oxygens (including phenoxy) is 1. The Bertz CT molecular complexity index is 748. The van der Waals surface area contributed by atoms with Crippen molar-refractivity contribution in [2.75, 3.05) is 0 Å². The number of hydrogen-bond donors (Lipinski definition) is 0. The predicted molar refractivity (Wildman–Crippen MR) is 92.4 cm³/mol. The summed E-state index contributed by atoms with van der Waals surface area (Å²) < 4.78 is 6.12. The Morgan fingerprint density at radius 3 is 2.80 bits per heavy atom. The van der Waals surface area contributed by atoms with E-state index in [1.807, 2.05) is 6.08 Å². The lowest BCUT2D eigenvalue weighted by Gasteiger charge is -2.55. The zero-order valence-electron chi connectivity index (χ0n) is 14.9. The molecule has 1 aliphatic heterocycles. The SMILES string of the molecule is C[C@]12CCC3C4CCC(=O)C=C4C=CC3C1C1CC1[C@@]21CCC(=O)O1. The molecule has 132 valence electrons. The normalized spacial score (nSPS) is 55.2. The maximum atomic E-state index is 12.0. The van der Waals surface area contributed by atoms with E-state index in [1.54, 1.807) is 0 Å². The topological polar surface area (TPSA) is 43.4 Å². The first-order valence-electron chi connectivity index (χ1n) is 10.2. The van der Waals surface area contributed by atoms with Gasteiger partial charge in [-0.15, -0.1) is 0 Å². The van der Waals surface area contributed by atoms with Gasteiger partial charge < -0.3 is 4.74 Å². The molecule has 5 aliphatic carbocycles. The second-order valence-corrected chi connectivity index (χ2v) is 9.71. The van der Waals surface area contributed by atoms with Gasteiger partial charge in [0, 0.05) is 24.2 Å². The van der Waals surface area contributed by atoms with E-state index < -0.39 is 0 Å². The first-order chi connectivity index (χ1) is 12.0. The van der Waals surface area contributed by atoms with Crippen molar-refractivity contribution in [3.63, 3.8) is 0 Å². The van der Waals surface area contributed by atoms with Crippen LogP contribution in [0.3, 0.4) is 0 Å². The van der Waals surface area contributed by atoms with Crippen LogP contribution in [0.25, 0.3) is 0 Å². The summed E-state index contributed by atoms with van der Waals surface area (Å²) >= 11 is 0. The van der Waals surface area contributed by atoms with Crippen LogP contribution in [-0.4, -0.2) is 17.4 Å². The fraction of sp³-hybridized carbons (Fsp3) is 0.727. The molecule has 6 aliphatic rings. The first kappa shape index (κ1) is 14.8. The van der Waals surface area contributed by atoms with Gasteiger partial charge in [-0.1, -0.05) is 19.1 Å². The molecule has 6 unspecified atom stereocenters. The van der Waals surface area contributed by atoms with Crippen LogP contribution < -0.4 is 0 Å². The van der Waals surface area contributed by atoms with Crippen LogP contribution in [0.1, 0.15) is 51.9 Å². The number of carbonyl (C=O) groups is 2. The van der Waals surface area contributed by atoms with Crippen molar-refractivity contribution in [3.8, 4) is 0 Å². The van der Waals surface area contributed by atoms with E-state index in [0.29, 0.717) is 41.8 Å². The maximum absolute atomic E-state index is 12.0. The monoisotopic (exact) mass is 338 g/mol. The number of esters is 1. The second-order valence-electron chi connectivity index (χ2n) is 9.71. The van der Waals surface area contributed by atoms with Crippen molar-refractivity contribution in [2.45, 2.75) is 57.5 Å². The zero-order valence-corrected chi connectivity index (χ0v) is 14.9. The molecular weight excluding hydrogens is 312 g/mol. The van der Waals surface area contributed by atoms with Crippen LogP contribution in [0.5, 0.6) is 0 Å². The molecule has 0 radical (unpaired) electrons. The average molecular weight is 338 g/mol. The summed E-state index contributed by atoms with van der Waals surface area (Å²) in [6.45, 7) is 2.43. The Labute approximate surface area is 148 Å². The largest absolute Gasteiger partial charge is 0.458 e. The van der Waals surface area contributed by atoms with Crippen molar-refractivity contribution in [3.05, 3.63) is 23.8 Å². The lowest BCUT2D eigenvalue weighted by molar-refractivity contribution is -0.171. The number of ketones is 1. The van der Waals surface area contributed by atoms with E-state index in [0.717, 1.165) is 25.2 Å². The molecule has 8 atom stereocenters. The minimum absolute atomic E-state index is 0.0323. The summed E-state index contributed by atoms with van der Waals surface area (Å²) in [5.74, 6) is 4.25. The van der Waals surface area contributed by atoms with Gasteiger partial charge in [-0.05, 0) is 73.3 Å². The molecule has 3 saturated carbocycles. The van der Waals surface area contributed by atoms with Crippen molar-refractivity contribution < 1.29 is 14.3 Å². The predicted octanol–water partition coefficient (Wildman–Crippen LogP) is 3.84. The summed E-state index contributed by atoms with van der Waals surface area (Å²) in [6.07, 6.45) is 13.6. The smallest absolute Gasteiger partial charge is 0.306 e. The fourth-order valence-electron chi connectivity index (χ4n) is 8.01. The van der Waals surface area contributed by atoms with Gasteiger partial charge in [0.15, 0.2) is 5.78 Å². The third kappa shape index (κ3) is 1.64. The zero-order chi connectivity index (χ0) is 17.0. The Balaban J connectivity index is 1.41. The molecule has 0 N–H and O–H groups in total. The molecule has 1 heterocycles. The van der Waals surface area contributed by atoms with Gasteiger partial charge in [-0.3, -0.25) is 9.59 Å². The van der Waals surface area contributed by atoms with E-state index in [1.165, 1.54) is 24.8 Å². The van der Waals surface area contributed by atoms with Gasteiger partial charge >= 0.3 is 5.97 Å².